The van der Waals surface area contributed by atoms with E-state index in [-0.39, 0.29) is 5.78 Å². The highest BCUT2D eigenvalue weighted by Crippen LogP contribution is 2.30. The van der Waals surface area contributed by atoms with Crippen LogP contribution in [0, 0.1) is 0 Å². The largest absolute Gasteiger partial charge is 0.497 e. The summed E-state index contributed by atoms with van der Waals surface area (Å²) >= 11 is 3.40. The molecule has 0 bridgehead atoms. The quantitative estimate of drug-likeness (QED) is 0.814. The molecule has 2 aromatic carbocycles. The van der Waals surface area contributed by atoms with Crippen molar-refractivity contribution in [1.29, 1.82) is 0 Å². The number of ether oxygens (including phenoxy) is 1. The number of carbonyl (C=O) groups is 1. The molecule has 0 aliphatic rings. The predicted octanol–water partition coefficient (Wildman–Crippen LogP) is 4.16. The van der Waals surface area contributed by atoms with Crippen LogP contribution >= 0.6 is 15.9 Å². The van der Waals surface area contributed by atoms with Crippen LogP contribution in [0.15, 0.2) is 58.6 Å². The van der Waals surface area contributed by atoms with Gasteiger partial charge < -0.3 is 9.84 Å². The van der Waals surface area contributed by atoms with Crippen LogP contribution in [-0.4, -0.2) is 18.0 Å². The average molecular weight is 361 g/mol. The Labute approximate surface area is 138 Å². The topological polar surface area (TPSA) is 46.5 Å². The van der Waals surface area contributed by atoms with Gasteiger partial charge in [-0.3, -0.25) is 4.79 Å². The molecule has 114 valence electrons. The average Bonchev–Trinajstić information content (AvgIpc) is 2.52. The van der Waals surface area contributed by atoms with Crippen molar-refractivity contribution in [3.63, 3.8) is 0 Å². The summed E-state index contributed by atoms with van der Waals surface area (Å²) in [7, 11) is 1.60. The number of Topliss-reactive ketones (excluding diaryl/α,β-unsaturated/α-hetero) is 1. The first kappa shape index (κ1) is 16.5. The highest BCUT2D eigenvalue weighted by atomic mass is 79.9. The van der Waals surface area contributed by atoms with Crippen LogP contribution in [0.1, 0.15) is 24.2 Å². The van der Waals surface area contributed by atoms with Crippen molar-refractivity contribution in [3.05, 3.63) is 69.7 Å². The molecule has 2 rings (SSSR count). The molecular formula is C18H17BrO3. The zero-order valence-electron chi connectivity index (χ0n) is 12.4. The summed E-state index contributed by atoms with van der Waals surface area (Å²) in [6.07, 6.45) is 0.724. The molecule has 1 atom stereocenters. The van der Waals surface area contributed by atoms with E-state index in [0.29, 0.717) is 11.1 Å². The van der Waals surface area contributed by atoms with Crippen molar-refractivity contribution in [2.24, 2.45) is 0 Å². The van der Waals surface area contributed by atoms with Gasteiger partial charge in [-0.25, -0.2) is 0 Å². The number of carbonyl (C=O) groups excluding carboxylic acids is 1. The number of ketones is 1. The maximum atomic E-state index is 11.9. The molecule has 0 radical (unpaired) electrons. The van der Waals surface area contributed by atoms with E-state index < -0.39 is 6.10 Å². The number of hydrogen-bond acceptors (Lipinski definition) is 3. The fraction of sp³-hybridized carbons (Fsp3) is 0.167. The molecule has 3 nitrogen and oxygen atoms in total. The fourth-order valence-corrected chi connectivity index (χ4v) is 2.62. The molecule has 2 aromatic rings. The number of methoxy groups -OCH3 is 1. The minimum atomic E-state index is -0.977. The van der Waals surface area contributed by atoms with E-state index in [1.54, 1.807) is 19.3 Å². The van der Waals surface area contributed by atoms with Crippen molar-refractivity contribution in [2.75, 3.05) is 7.11 Å². The minimum absolute atomic E-state index is 0.168. The number of aliphatic hydroxyl groups is 1. The van der Waals surface area contributed by atoms with Crippen LogP contribution < -0.4 is 4.74 Å². The van der Waals surface area contributed by atoms with Crippen LogP contribution in [0.2, 0.25) is 0 Å². The number of rotatable bonds is 5. The monoisotopic (exact) mass is 360 g/mol. The summed E-state index contributed by atoms with van der Waals surface area (Å²) in [6.45, 7) is 1.45. The maximum absolute atomic E-state index is 11.9. The molecular weight excluding hydrogens is 344 g/mol. The SMILES string of the molecule is COc1ccc(/C=C(\C(C)=O)[C@@H](O)c2ccccc2Br)cc1. The molecule has 0 fully saturated rings. The van der Waals surface area contributed by atoms with Crippen molar-refractivity contribution in [2.45, 2.75) is 13.0 Å². The summed E-state index contributed by atoms with van der Waals surface area (Å²) < 4.78 is 5.88. The minimum Gasteiger partial charge on any atom is -0.497 e. The van der Waals surface area contributed by atoms with E-state index in [1.807, 2.05) is 42.5 Å². The lowest BCUT2D eigenvalue weighted by molar-refractivity contribution is -0.114. The molecule has 0 heterocycles. The van der Waals surface area contributed by atoms with Gasteiger partial charge in [-0.15, -0.1) is 0 Å². The van der Waals surface area contributed by atoms with Gasteiger partial charge in [0, 0.05) is 10.0 Å². The van der Waals surface area contributed by atoms with E-state index >= 15 is 0 Å². The number of aliphatic hydroxyl groups excluding tert-OH is 1. The Morgan fingerprint density at radius 1 is 1.18 bits per heavy atom. The van der Waals surface area contributed by atoms with Gasteiger partial charge in [0.1, 0.15) is 11.9 Å². The third kappa shape index (κ3) is 3.84. The molecule has 0 aliphatic carbocycles. The van der Waals surface area contributed by atoms with Crippen molar-refractivity contribution in [1.82, 2.24) is 0 Å². The first-order chi connectivity index (χ1) is 10.5. The Morgan fingerprint density at radius 3 is 2.36 bits per heavy atom. The first-order valence-corrected chi connectivity index (χ1v) is 7.61. The lowest BCUT2D eigenvalue weighted by atomic mass is 9.96. The summed E-state index contributed by atoms with van der Waals surface area (Å²) in [6, 6.07) is 14.6. The molecule has 0 amide bonds. The summed E-state index contributed by atoms with van der Waals surface area (Å²) in [5, 5.41) is 10.5. The van der Waals surface area contributed by atoms with E-state index in [4.69, 9.17) is 4.74 Å². The lowest BCUT2D eigenvalue weighted by Gasteiger charge is -2.15. The fourth-order valence-electron chi connectivity index (χ4n) is 2.12. The maximum Gasteiger partial charge on any atom is 0.158 e. The van der Waals surface area contributed by atoms with Gasteiger partial charge in [0.25, 0.3) is 0 Å². The molecule has 1 N–H and O–H groups in total. The van der Waals surface area contributed by atoms with Crippen molar-refractivity contribution >= 4 is 27.8 Å². The van der Waals surface area contributed by atoms with Crippen LogP contribution in [0.5, 0.6) is 5.75 Å². The second-order valence-corrected chi connectivity index (χ2v) is 5.71. The third-order valence-electron chi connectivity index (χ3n) is 3.34. The second-order valence-electron chi connectivity index (χ2n) is 4.85. The molecule has 0 saturated heterocycles. The van der Waals surface area contributed by atoms with Crippen LogP contribution in [0.25, 0.3) is 6.08 Å². The molecule has 0 unspecified atom stereocenters. The standard InChI is InChI=1S/C18H17BrO3/c1-12(20)16(11-13-7-9-14(22-2)10-8-13)18(21)15-5-3-4-6-17(15)19/h3-11,18,21H,1-2H3/b16-11+/t18-/m0/s1. The lowest BCUT2D eigenvalue weighted by Crippen LogP contribution is -2.09. The first-order valence-electron chi connectivity index (χ1n) is 6.82. The summed E-state index contributed by atoms with van der Waals surface area (Å²) in [5.74, 6) is 0.576. The normalized spacial score (nSPS) is 12.8. The van der Waals surface area contributed by atoms with Gasteiger partial charge in [0.05, 0.1) is 7.11 Å². The molecule has 22 heavy (non-hydrogen) atoms. The van der Waals surface area contributed by atoms with Crippen molar-refractivity contribution < 1.29 is 14.6 Å². The van der Waals surface area contributed by atoms with Gasteiger partial charge in [-0.05, 0) is 42.3 Å². The zero-order valence-corrected chi connectivity index (χ0v) is 14.0. The van der Waals surface area contributed by atoms with E-state index in [2.05, 4.69) is 15.9 Å². The Bertz CT molecular complexity index is 690. The van der Waals surface area contributed by atoms with Crippen molar-refractivity contribution in [3.8, 4) is 5.75 Å². The van der Waals surface area contributed by atoms with E-state index in [0.717, 1.165) is 15.8 Å². The van der Waals surface area contributed by atoms with Gasteiger partial charge in [0.2, 0.25) is 0 Å². The third-order valence-corrected chi connectivity index (χ3v) is 4.06. The van der Waals surface area contributed by atoms with Crippen LogP contribution in [0.4, 0.5) is 0 Å². The summed E-state index contributed by atoms with van der Waals surface area (Å²) in [5.41, 5.74) is 1.84. The molecule has 0 saturated carbocycles. The van der Waals surface area contributed by atoms with E-state index in [1.165, 1.54) is 6.92 Å². The summed E-state index contributed by atoms with van der Waals surface area (Å²) in [4.78, 5) is 11.9. The molecule has 0 aromatic heterocycles. The number of benzene rings is 2. The molecule has 0 spiro atoms. The predicted molar refractivity (Wildman–Crippen MR) is 90.8 cm³/mol. The van der Waals surface area contributed by atoms with E-state index in [9.17, 15) is 9.90 Å². The van der Waals surface area contributed by atoms with Crippen LogP contribution in [-0.2, 0) is 4.79 Å². The van der Waals surface area contributed by atoms with Gasteiger partial charge in [-0.2, -0.15) is 0 Å². The number of halogens is 1. The smallest absolute Gasteiger partial charge is 0.158 e. The molecule has 4 heteroatoms. The number of hydrogen-bond donors (Lipinski definition) is 1. The Morgan fingerprint density at radius 2 is 1.82 bits per heavy atom. The van der Waals surface area contributed by atoms with Gasteiger partial charge in [-0.1, -0.05) is 46.3 Å². The Hall–Kier alpha value is -1.91. The highest BCUT2D eigenvalue weighted by Gasteiger charge is 2.19. The zero-order chi connectivity index (χ0) is 16.1. The highest BCUT2D eigenvalue weighted by molar-refractivity contribution is 9.10. The van der Waals surface area contributed by atoms with Gasteiger partial charge in [0.15, 0.2) is 5.78 Å². The second kappa shape index (κ2) is 7.38. The molecule has 0 aliphatic heterocycles. The van der Waals surface area contributed by atoms with Crippen LogP contribution in [0.3, 0.4) is 0 Å². The van der Waals surface area contributed by atoms with Gasteiger partial charge >= 0.3 is 0 Å². The Balaban J connectivity index is 2.39. The Kier molecular flexibility index (Phi) is 5.52.